The van der Waals surface area contributed by atoms with Gasteiger partial charge in [0.2, 0.25) is 0 Å². The Labute approximate surface area is 109 Å². The smallest absolute Gasteiger partial charge is 0.250 e. The van der Waals surface area contributed by atoms with Crippen molar-refractivity contribution in [3.8, 4) is 0 Å². The third-order valence-electron chi connectivity index (χ3n) is 3.30. The van der Waals surface area contributed by atoms with Crippen LogP contribution in [-0.2, 0) is 6.54 Å². The molecule has 0 saturated carbocycles. The molecule has 0 radical (unpaired) electrons. The molecule has 1 rings (SSSR count). The molecule has 0 bridgehead atoms. The number of hydrogen-bond donors (Lipinski definition) is 1. The van der Waals surface area contributed by atoms with E-state index < -0.39 is 0 Å². The minimum absolute atomic E-state index is 0.0888. The second kappa shape index (κ2) is 6.90. The van der Waals surface area contributed by atoms with Crippen molar-refractivity contribution in [2.75, 3.05) is 5.75 Å². The SMILES string of the molecule is CCCC(CS)(CCC)Cn1ccccc1=O. The van der Waals surface area contributed by atoms with E-state index in [0.717, 1.165) is 38.0 Å². The molecule has 0 fully saturated rings. The fourth-order valence-corrected chi connectivity index (χ4v) is 2.92. The zero-order valence-corrected chi connectivity index (χ0v) is 11.7. The van der Waals surface area contributed by atoms with Crippen LogP contribution >= 0.6 is 12.6 Å². The van der Waals surface area contributed by atoms with Crippen LogP contribution in [0.2, 0.25) is 0 Å². The van der Waals surface area contributed by atoms with Crippen molar-refractivity contribution in [3.05, 3.63) is 34.7 Å². The summed E-state index contributed by atoms with van der Waals surface area (Å²) in [6, 6.07) is 5.34. The van der Waals surface area contributed by atoms with E-state index >= 15 is 0 Å². The lowest BCUT2D eigenvalue weighted by atomic mass is 9.81. The zero-order chi connectivity index (χ0) is 12.7. The van der Waals surface area contributed by atoms with E-state index in [1.54, 1.807) is 12.1 Å². The van der Waals surface area contributed by atoms with Gasteiger partial charge in [-0.25, -0.2) is 0 Å². The molecule has 3 heteroatoms. The van der Waals surface area contributed by atoms with Gasteiger partial charge in [0.15, 0.2) is 0 Å². The van der Waals surface area contributed by atoms with Gasteiger partial charge in [-0.15, -0.1) is 0 Å². The Kier molecular flexibility index (Phi) is 5.83. The van der Waals surface area contributed by atoms with Gasteiger partial charge in [-0.1, -0.05) is 32.8 Å². The highest BCUT2D eigenvalue weighted by Gasteiger charge is 2.27. The molecule has 0 atom stereocenters. The Bertz CT molecular complexity index is 380. The quantitative estimate of drug-likeness (QED) is 0.739. The van der Waals surface area contributed by atoms with E-state index in [-0.39, 0.29) is 11.0 Å². The number of aromatic nitrogens is 1. The van der Waals surface area contributed by atoms with E-state index in [1.807, 2.05) is 16.8 Å². The lowest BCUT2D eigenvalue weighted by molar-refractivity contribution is 0.229. The molecule has 0 aliphatic rings. The summed E-state index contributed by atoms with van der Waals surface area (Å²) in [5.41, 5.74) is 0.253. The zero-order valence-electron chi connectivity index (χ0n) is 10.9. The number of nitrogens with zero attached hydrogens (tertiary/aromatic N) is 1. The van der Waals surface area contributed by atoms with Gasteiger partial charge < -0.3 is 4.57 Å². The standard InChI is InChI=1S/C14H23NOS/c1-3-8-14(12-17,9-4-2)11-15-10-6-5-7-13(15)16/h5-7,10,17H,3-4,8-9,11-12H2,1-2H3. The Balaban J connectivity index is 2.92. The van der Waals surface area contributed by atoms with Gasteiger partial charge >= 0.3 is 0 Å². The number of thiol groups is 1. The summed E-state index contributed by atoms with van der Waals surface area (Å²) in [6.45, 7) is 5.18. The van der Waals surface area contributed by atoms with Crippen LogP contribution in [0, 0.1) is 5.41 Å². The van der Waals surface area contributed by atoms with Crippen LogP contribution < -0.4 is 5.56 Å². The molecule has 0 saturated heterocycles. The van der Waals surface area contributed by atoms with Gasteiger partial charge in [-0.3, -0.25) is 4.79 Å². The van der Waals surface area contributed by atoms with Gasteiger partial charge in [0.25, 0.3) is 5.56 Å². The maximum absolute atomic E-state index is 11.8. The lowest BCUT2D eigenvalue weighted by Gasteiger charge is -2.32. The predicted octanol–water partition coefficient (Wildman–Crippen LogP) is 3.36. The summed E-state index contributed by atoms with van der Waals surface area (Å²) in [6.07, 6.45) is 6.42. The molecule has 0 aliphatic carbocycles. The lowest BCUT2D eigenvalue weighted by Crippen LogP contribution is -2.33. The van der Waals surface area contributed by atoms with E-state index in [1.165, 1.54) is 0 Å². The summed E-state index contributed by atoms with van der Waals surface area (Å²) in [4.78, 5) is 11.8. The molecular formula is C14H23NOS. The molecule has 0 N–H and O–H groups in total. The second-order valence-corrected chi connectivity index (χ2v) is 5.14. The first kappa shape index (κ1) is 14.4. The van der Waals surface area contributed by atoms with Gasteiger partial charge in [0.1, 0.15) is 0 Å². The van der Waals surface area contributed by atoms with Crippen LogP contribution in [0.4, 0.5) is 0 Å². The Morgan fingerprint density at radius 3 is 2.35 bits per heavy atom. The minimum atomic E-state index is 0.0888. The number of pyridine rings is 1. The first-order valence-electron chi connectivity index (χ1n) is 6.44. The third-order valence-corrected chi connectivity index (χ3v) is 3.97. The Hall–Kier alpha value is -0.700. The number of hydrogen-bond acceptors (Lipinski definition) is 2. The van der Waals surface area contributed by atoms with Crippen molar-refractivity contribution < 1.29 is 0 Å². The molecule has 0 aromatic carbocycles. The van der Waals surface area contributed by atoms with Crippen molar-refractivity contribution in [1.29, 1.82) is 0 Å². The average molecular weight is 253 g/mol. The molecule has 0 unspecified atom stereocenters. The van der Waals surface area contributed by atoms with Crippen molar-refractivity contribution >= 4 is 12.6 Å². The first-order chi connectivity index (χ1) is 8.17. The van der Waals surface area contributed by atoms with Crippen LogP contribution in [0.1, 0.15) is 39.5 Å². The monoisotopic (exact) mass is 253 g/mol. The van der Waals surface area contributed by atoms with Crippen LogP contribution in [0.5, 0.6) is 0 Å². The van der Waals surface area contributed by atoms with Crippen LogP contribution in [0.15, 0.2) is 29.2 Å². The maximum Gasteiger partial charge on any atom is 0.250 e. The highest BCUT2D eigenvalue weighted by Crippen LogP contribution is 2.32. The Morgan fingerprint density at radius 2 is 1.88 bits per heavy atom. The molecule has 0 spiro atoms. The molecule has 17 heavy (non-hydrogen) atoms. The molecular weight excluding hydrogens is 230 g/mol. The fraction of sp³-hybridized carbons (Fsp3) is 0.643. The van der Waals surface area contributed by atoms with Crippen LogP contribution in [0.25, 0.3) is 0 Å². The molecule has 1 aromatic rings. The van der Waals surface area contributed by atoms with Gasteiger partial charge in [0.05, 0.1) is 0 Å². The normalized spacial score (nSPS) is 11.7. The summed E-state index contributed by atoms with van der Waals surface area (Å²) in [7, 11) is 0. The highest BCUT2D eigenvalue weighted by molar-refractivity contribution is 7.80. The largest absolute Gasteiger partial charge is 0.315 e. The number of rotatable bonds is 7. The van der Waals surface area contributed by atoms with E-state index in [9.17, 15) is 4.79 Å². The predicted molar refractivity (Wildman–Crippen MR) is 76.8 cm³/mol. The maximum atomic E-state index is 11.8. The van der Waals surface area contributed by atoms with E-state index in [0.29, 0.717) is 0 Å². The van der Waals surface area contributed by atoms with Crippen LogP contribution in [0.3, 0.4) is 0 Å². The average Bonchev–Trinajstić information content (AvgIpc) is 2.33. The van der Waals surface area contributed by atoms with Crippen molar-refractivity contribution in [1.82, 2.24) is 4.57 Å². The van der Waals surface area contributed by atoms with Crippen molar-refractivity contribution in [2.24, 2.45) is 5.41 Å². The minimum Gasteiger partial charge on any atom is -0.315 e. The molecule has 0 amide bonds. The fourth-order valence-electron chi connectivity index (χ4n) is 2.50. The van der Waals surface area contributed by atoms with Crippen molar-refractivity contribution in [3.63, 3.8) is 0 Å². The van der Waals surface area contributed by atoms with Crippen LogP contribution in [-0.4, -0.2) is 10.3 Å². The van der Waals surface area contributed by atoms with Crippen molar-refractivity contribution in [2.45, 2.75) is 46.1 Å². The molecule has 1 aromatic heterocycles. The summed E-state index contributed by atoms with van der Waals surface area (Å²) < 4.78 is 1.82. The molecule has 1 heterocycles. The topological polar surface area (TPSA) is 22.0 Å². The van der Waals surface area contributed by atoms with Gasteiger partial charge in [-0.05, 0) is 30.1 Å². The third kappa shape index (κ3) is 3.91. The first-order valence-corrected chi connectivity index (χ1v) is 7.07. The molecule has 96 valence electrons. The molecule has 0 aliphatic heterocycles. The summed E-state index contributed by atoms with van der Waals surface area (Å²) in [5.74, 6) is 0.843. The summed E-state index contributed by atoms with van der Waals surface area (Å²) in [5, 5.41) is 0. The van der Waals surface area contributed by atoms with E-state index in [2.05, 4.69) is 26.5 Å². The Morgan fingerprint density at radius 1 is 1.24 bits per heavy atom. The van der Waals surface area contributed by atoms with Gasteiger partial charge in [0, 0.05) is 18.8 Å². The summed E-state index contributed by atoms with van der Waals surface area (Å²) >= 11 is 4.52. The second-order valence-electron chi connectivity index (χ2n) is 4.82. The van der Waals surface area contributed by atoms with Gasteiger partial charge in [-0.2, -0.15) is 12.6 Å². The van der Waals surface area contributed by atoms with E-state index in [4.69, 9.17) is 0 Å². The molecule has 2 nitrogen and oxygen atoms in total. The highest BCUT2D eigenvalue weighted by atomic mass is 32.1.